The van der Waals surface area contributed by atoms with Gasteiger partial charge in [-0.25, -0.2) is 0 Å². The third kappa shape index (κ3) is 2.72. The van der Waals surface area contributed by atoms with Gasteiger partial charge in [-0.2, -0.15) is 0 Å². The van der Waals surface area contributed by atoms with E-state index in [0.717, 1.165) is 22.7 Å². The minimum atomic E-state index is -0.187. The van der Waals surface area contributed by atoms with Crippen LogP contribution in [0.1, 0.15) is 46.6 Å². The number of rotatable bonds is 3. The van der Waals surface area contributed by atoms with E-state index >= 15 is 0 Å². The SMILES string of the molecule is CC(=O)N1CCc2cc(C(=O)Nc3nnc(C4CC4)s3)ccc21. The highest BCUT2D eigenvalue weighted by molar-refractivity contribution is 7.15. The molecule has 118 valence electrons. The molecule has 23 heavy (non-hydrogen) atoms. The first-order chi connectivity index (χ1) is 11.1. The fraction of sp³-hybridized carbons (Fsp3) is 0.375. The molecule has 1 fully saturated rings. The Hall–Kier alpha value is -2.28. The number of amides is 2. The van der Waals surface area contributed by atoms with Gasteiger partial charge < -0.3 is 4.90 Å². The van der Waals surface area contributed by atoms with Crippen LogP contribution in [0, 0.1) is 0 Å². The lowest BCUT2D eigenvalue weighted by atomic mass is 10.1. The third-order valence-corrected chi connectivity index (χ3v) is 5.21. The second kappa shape index (κ2) is 5.42. The summed E-state index contributed by atoms with van der Waals surface area (Å²) in [5.74, 6) is 0.380. The van der Waals surface area contributed by atoms with Gasteiger partial charge in [0.1, 0.15) is 5.01 Å². The Morgan fingerprint density at radius 1 is 1.30 bits per heavy atom. The standard InChI is InChI=1S/C16H16N4O2S/c1-9(21)20-7-6-11-8-12(4-5-13(11)20)14(22)17-16-19-18-15(23-16)10-2-3-10/h4-5,8,10H,2-3,6-7H2,1H3,(H,17,19,22). The Labute approximate surface area is 137 Å². The number of carbonyl (C=O) groups is 2. The van der Waals surface area contributed by atoms with Crippen LogP contribution in [0.3, 0.4) is 0 Å². The maximum Gasteiger partial charge on any atom is 0.257 e. The van der Waals surface area contributed by atoms with E-state index in [0.29, 0.717) is 23.2 Å². The molecule has 2 aliphatic rings. The van der Waals surface area contributed by atoms with E-state index in [1.165, 1.54) is 24.2 Å². The predicted octanol–water partition coefficient (Wildman–Crippen LogP) is 2.58. The van der Waals surface area contributed by atoms with Crippen molar-refractivity contribution < 1.29 is 9.59 Å². The van der Waals surface area contributed by atoms with E-state index in [9.17, 15) is 9.59 Å². The van der Waals surface area contributed by atoms with Crippen LogP contribution in [0.4, 0.5) is 10.8 Å². The largest absolute Gasteiger partial charge is 0.312 e. The maximum absolute atomic E-state index is 12.4. The summed E-state index contributed by atoms with van der Waals surface area (Å²) in [6.07, 6.45) is 3.11. The van der Waals surface area contributed by atoms with Gasteiger partial charge in [0.2, 0.25) is 11.0 Å². The number of benzene rings is 1. The molecule has 2 aromatic rings. The molecule has 2 heterocycles. The van der Waals surface area contributed by atoms with Crippen LogP contribution < -0.4 is 10.2 Å². The number of carbonyl (C=O) groups excluding carboxylic acids is 2. The highest BCUT2D eigenvalue weighted by atomic mass is 32.1. The Bertz CT molecular complexity index is 797. The summed E-state index contributed by atoms with van der Waals surface area (Å²) in [5, 5.41) is 12.5. The van der Waals surface area contributed by atoms with Crippen molar-refractivity contribution in [1.29, 1.82) is 0 Å². The Kier molecular flexibility index (Phi) is 3.37. The second-order valence-electron chi connectivity index (χ2n) is 5.94. The molecule has 0 saturated heterocycles. The zero-order chi connectivity index (χ0) is 16.0. The highest BCUT2D eigenvalue weighted by Crippen LogP contribution is 2.42. The summed E-state index contributed by atoms with van der Waals surface area (Å²) in [4.78, 5) is 25.7. The van der Waals surface area contributed by atoms with Gasteiger partial charge in [-0.1, -0.05) is 11.3 Å². The summed E-state index contributed by atoms with van der Waals surface area (Å²) in [6.45, 7) is 2.24. The first-order valence-corrected chi connectivity index (χ1v) is 8.49. The second-order valence-corrected chi connectivity index (χ2v) is 6.95. The van der Waals surface area contributed by atoms with Crippen molar-refractivity contribution in [1.82, 2.24) is 10.2 Å². The first-order valence-electron chi connectivity index (χ1n) is 7.67. The van der Waals surface area contributed by atoms with Crippen LogP contribution in [-0.4, -0.2) is 28.6 Å². The number of fused-ring (bicyclic) bond motifs is 1. The molecule has 1 saturated carbocycles. The molecule has 1 aliphatic heterocycles. The zero-order valence-electron chi connectivity index (χ0n) is 12.7. The lowest BCUT2D eigenvalue weighted by Crippen LogP contribution is -2.25. The van der Waals surface area contributed by atoms with Gasteiger partial charge in [0.15, 0.2) is 0 Å². The van der Waals surface area contributed by atoms with Crippen molar-refractivity contribution in [3.63, 3.8) is 0 Å². The van der Waals surface area contributed by atoms with Crippen LogP contribution in [0.25, 0.3) is 0 Å². The van der Waals surface area contributed by atoms with E-state index in [4.69, 9.17) is 0 Å². The molecule has 0 bridgehead atoms. The van der Waals surface area contributed by atoms with Crippen LogP contribution in [0.15, 0.2) is 18.2 Å². The Morgan fingerprint density at radius 3 is 2.87 bits per heavy atom. The minimum absolute atomic E-state index is 0.0300. The van der Waals surface area contributed by atoms with E-state index in [2.05, 4.69) is 15.5 Å². The molecular weight excluding hydrogens is 312 g/mol. The van der Waals surface area contributed by atoms with Crippen molar-refractivity contribution in [3.05, 3.63) is 34.3 Å². The molecular formula is C16H16N4O2S. The quantitative estimate of drug-likeness (QED) is 0.939. The molecule has 2 amide bonds. The van der Waals surface area contributed by atoms with Crippen molar-refractivity contribution in [2.75, 3.05) is 16.8 Å². The first kappa shape index (κ1) is 14.3. The molecule has 4 rings (SSSR count). The number of anilines is 2. The number of nitrogens with one attached hydrogen (secondary N) is 1. The molecule has 6 nitrogen and oxygen atoms in total. The van der Waals surface area contributed by atoms with Gasteiger partial charge in [-0.15, -0.1) is 10.2 Å². The maximum atomic E-state index is 12.4. The third-order valence-electron chi connectivity index (χ3n) is 4.21. The average Bonchev–Trinajstić information content (AvgIpc) is 3.12. The molecule has 1 N–H and O–H groups in total. The normalized spacial score (nSPS) is 16.3. The number of hydrogen-bond acceptors (Lipinski definition) is 5. The van der Waals surface area contributed by atoms with Crippen molar-refractivity contribution in [2.45, 2.75) is 32.1 Å². The van der Waals surface area contributed by atoms with Gasteiger partial charge in [-0.05, 0) is 43.0 Å². The summed E-state index contributed by atoms with van der Waals surface area (Å²) in [6, 6.07) is 5.45. The lowest BCUT2D eigenvalue weighted by Gasteiger charge is -2.14. The number of nitrogens with zero attached hydrogens (tertiary/aromatic N) is 3. The molecule has 0 unspecified atom stereocenters. The van der Waals surface area contributed by atoms with Crippen molar-refractivity contribution in [2.24, 2.45) is 0 Å². The van der Waals surface area contributed by atoms with Crippen molar-refractivity contribution in [3.8, 4) is 0 Å². The lowest BCUT2D eigenvalue weighted by molar-refractivity contribution is -0.116. The number of aromatic nitrogens is 2. The van der Waals surface area contributed by atoms with E-state index in [-0.39, 0.29) is 11.8 Å². The predicted molar refractivity (Wildman–Crippen MR) is 88.0 cm³/mol. The number of hydrogen-bond donors (Lipinski definition) is 1. The smallest absolute Gasteiger partial charge is 0.257 e. The minimum Gasteiger partial charge on any atom is -0.312 e. The van der Waals surface area contributed by atoms with Gasteiger partial charge in [0.25, 0.3) is 5.91 Å². The molecule has 0 atom stereocenters. The van der Waals surface area contributed by atoms with Gasteiger partial charge in [0.05, 0.1) is 0 Å². The highest BCUT2D eigenvalue weighted by Gasteiger charge is 2.28. The fourth-order valence-electron chi connectivity index (χ4n) is 2.82. The van der Waals surface area contributed by atoms with E-state index in [1.807, 2.05) is 12.1 Å². The topological polar surface area (TPSA) is 75.2 Å². The van der Waals surface area contributed by atoms with E-state index in [1.54, 1.807) is 17.9 Å². The fourth-order valence-corrected chi connectivity index (χ4v) is 3.73. The Balaban J connectivity index is 1.51. The summed E-state index contributed by atoms with van der Waals surface area (Å²) < 4.78 is 0. The zero-order valence-corrected chi connectivity index (χ0v) is 13.5. The van der Waals surface area contributed by atoms with E-state index < -0.39 is 0 Å². The van der Waals surface area contributed by atoms with Gasteiger partial charge in [-0.3, -0.25) is 14.9 Å². The summed E-state index contributed by atoms with van der Waals surface area (Å²) in [7, 11) is 0. The summed E-state index contributed by atoms with van der Waals surface area (Å²) in [5.41, 5.74) is 2.52. The van der Waals surface area contributed by atoms with Crippen LogP contribution in [-0.2, 0) is 11.2 Å². The monoisotopic (exact) mass is 328 g/mol. The van der Waals surface area contributed by atoms with Gasteiger partial charge in [0, 0.05) is 30.6 Å². The molecule has 1 aliphatic carbocycles. The molecule has 0 radical (unpaired) electrons. The summed E-state index contributed by atoms with van der Waals surface area (Å²) >= 11 is 1.45. The molecule has 0 spiro atoms. The van der Waals surface area contributed by atoms with Crippen LogP contribution in [0.2, 0.25) is 0 Å². The molecule has 1 aromatic carbocycles. The molecule has 7 heteroatoms. The van der Waals surface area contributed by atoms with Gasteiger partial charge >= 0.3 is 0 Å². The Morgan fingerprint density at radius 2 is 2.13 bits per heavy atom. The molecule has 1 aromatic heterocycles. The average molecular weight is 328 g/mol. The van der Waals surface area contributed by atoms with Crippen LogP contribution >= 0.6 is 11.3 Å². The van der Waals surface area contributed by atoms with Crippen LogP contribution in [0.5, 0.6) is 0 Å². The van der Waals surface area contributed by atoms with Crippen molar-refractivity contribution >= 4 is 34.0 Å².